The predicted molar refractivity (Wildman–Crippen MR) is 218 cm³/mol. The van der Waals surface area contributed by atoms with Gasteiger partial charge in [-0.2, -0.15) is 9.97 Å². The number of hydrogen-bond donors (Lipinski definition) is 0. The molecule has 0 aliphatic rings. The average molecular weight is 681 g/mol. The Morgan fingerprint density at radius 1 is 0.346 bits per heavy atom. The van der Waals surface area contributed by atoms with Crippen LogP contribution < -0.4 is 0 Å². The van der Waals surface area contributed by atoms with Crippen LogP contribution in [0.4, 0.5) is 0 Å². The van der Waals surface area contributed by atoms with Gasteiger partial charge in [0.1, 0.15) is 0 Å². The highest BCUT2D eigenvalue weighted by molar-refractivity contribution is 7.25. The number of nitrogens with zero attached hydrogens (tertiary/aromatic N) is 4. The molecule has 0 atom stereocenters. The van der Waals surface area contributed by atoms with Gasteiger partial charge in [-0.25, -0.2) is 4.98 Å². The van der Waals surface area contributed by atoms with Crippen LogP contribution in [0.5, 0.6) is 0 Å². The standard InChI is InChI=1S/C47H28N4S/c1-3-12-30(13-4-1)45-48-46(31-14-5-2-6-15-31)50-47(49-45)51-41-22-21-34(33-20-19-29-11-7-8-16-32(29)23-33)24-38(41)39-25-36-28-44-40(26-35(36)27-42(39)51)37-17-9-10-18-43(37)52-44/h1-28H. The monoisotopic (exact) mass is 680 g/mol. The molecular weight excluding hydrogens is 653 g/mol. The Kier molecular flexibility index (Phi) is 6.39. The lowest BCUT2D eigenvalue weighted by atomic mass is 9.99. The lowest BCUT2D eigenvalue weighted by Gasteiger charge is -2.11. The fourth-order valence-electron chi connectivity index (χ4n) is 7.65. The van der Waals surface area contributed by atoms with Crippen LogP contribution in [0, 0.1) is 0 Å². The Balaban J connectivity index is 1.22. The van der Waals surface area contributed by atoms with Gasteiger partial charge in [0.05, 0.1) is 11.0 Å². The zero-order valence-corrected chi connectivity index (χ0v) is 28.7. The second-order valence-corrected chi connectivity index (χ2v) is 14.4. The molecule has 0 N–H and O–H groups in total. The second kappa shape index (κ2) is 11.4. The minimum atomic E-state index is 0.590. The average Bonchev–Trinajstić information content (AvgIpc) is 3.73. The fraction of sp³-hybridized carbons (Fsp3) is 0. The van der Waals surface area contributed by atoms with Crippen molar-refractivity contribution in [1.29, 1.82) is 0 Å². The van der Waals surface area contributed by atoms with Crippen molar-refractivity contribution in [1.82, 2.24) is 19.5 Å². The molecule has 0 saturated heterocycles. The van der Waals surface area contributed by atoms with Gasteiger partial charge in [-0.15, -0.1) is 11.3 Å². The van der Waals surface area contributed by atoms with Crippen LogP contribution >= 0.6 is 11.3 Å². The highest BCUT2D eigenvalue weighted by Gasteiger charge is 2.20. The van der Waals surface area contributed by atoms with E-state index in [0.717, 1.165) is 32.9 Å². The van der Waals surface area contributed by atoms with E-state index < -0.39 is 0 Å². The summed E-state index contributed by atoms with van der Waals surface area (Å²) in [6, 6.07) is 60.5. The van der Waals surface area contributed by atoms with Gasteiger partial charge in [0, 0.05) is 42.1 Å². The number of fused-ring (bicyclic) bond motifs is 8. The van der Waals surface area contributed by atoms with Crippen molar-refractivity contribution in [2.45, 2.75) is 0 Å². The predicted octanol–water partition coefficient (Wildman–Crippen LogP) is 12.6. The van der Waals surface area contributed by atoms with Gasteiger partial charge in [-0.05, 0) is 81.2 Å². The first-order valence-electron chi connectivity index (χ1n) is 17.4. The Morgan fingerprint density at radius 3 is 1.75 bits per heavy atom. The molecule has 0 bridgehead atoms. The molecule has 0 unspecified atom stereocenters. The molecule has 0 saturated carbocycles. The lowest BCUT2D eigenvalue weighted by Crippen LogP contribution is -2.06. The number of rotatable bonds is 4. The van der Waals surface area contributed by atoms with Crippen molar-refractivity contribution in [3.63, 3.8) is 0 Å². The van der Waals surface area contributed by atoms with Gasteiger partial charge in [0.25, 0.3) is 0 Å². The van der Waals surface area contributed by atoms with E-state index in [9.17, 15) is 0 Å². The number of aromatic nitrogens is 4. The zero-order chi connectivity index (χ0) is 34.2. The minimum Gasteiger partial charge on any atom is -0.278 e. The van der Waals surface area contributed by atoms with Crippen LogP contribution in [0.2, 0.25) is 0 Å². The van der Waals surface area contributed by atoms with E-state index in [1.54, 1.807) is 0 Å². The molecule has 4 nitrogen and oxygen atoms in total. The van der Waals surface area contributed by atoms with Crippen LogP contribution in [-0.2, 0) is 0 Å². The quantitative estimate of drug-likeness (QED) is 0.186. The number of hydrogen-bond acceptors (Lipinski definition) is 4. The highest BCUT2D eigenvalue weighted by Crippen LogP contribution is 2.41. The summed E-state index contributed by atoms with van der Waals surface area (Å²) in [5.74, 6) is 1.87. The Morgan fingerprint density at radius 2 is 0.962 bits per heavy atom. The molecule has 0 radical (unpaired) electrons. The smallest absolute Gasteiger partial charge is 0.238 e. The molecule has 8 aromatic carbocycles. The molecule has 3 aromatic heterocycles. The van der Waals surface area contributed by atoms with Gasteiger partial charge >= 0.3 is 0 Å². The summed E-state index contributed by atoms with van der Waals surface area (Å²) in [6.45, 7) is 0. The topological polar surface area (TPSA) is 43.6 Å². The fourth-order valence-corrected chi connectivity index (χ4v) is 8.78. The van der Waals surface area contributed by atoms with Gasteiger partial charge in [-0.3, -0.25) is 4.57 Å². The molecule has 0 fully saturated rings. The Hall–Kier alpha value is -6.69. The number of thiophene rings is 1. The Bertz CT molecular complexity index is 3120. The summed E-state index contributed by atoms with van der Waals surface area (Å²) in [6.07, 6.45) is 0. The summed E-state index contributed by atoms with van der Waals surface area (Å²) in [5.41, 5.74) is 6.35. The molecule has 52 heavy (non-hydrogen) atoms. The molecule has 5 heteroatoms. The first-order valence-corrected chi connectivity index (χ1v) is 18.2. The van der Waals surface area contributed by atoms with E-state index in [-0.39, 0.29) is 0 Å². The largest absolute Gasteiger partial charge is 0.278 e. The van der Waals surface area contributed by atoms with Crippen molar-refractivity contribution in [2.75, 3.05) is 0 Å². The molecule has 3 heterocycles. The first-order chi connectivity index (χ1) is 25.7. The lowest BCUT2D eigenvalue weighted by molar-refractivity contribution is 0.954. The molecule has 0 amide bonds. The maximum Gasteiger partial charge on any atom is 0.238 e. The van der Waals surface area contributed by atoms with Crippen LogP contribution in [0.25, 0.3) is 103 Å². The minimum absolute atomic E-state index is 0.590. The third-order valence-corrected chi connectivity index (χ3v) is 11.3. The maximum absolute atomic E-state index is 5.19. The van der Waals surface area contributed by atoms with Crippen molar-refractivity contribution in [3.8, 4) is 39.9 Å². The van der Waals surface area contributed by atoms with Gasteiger partial charge in [0.2, 0.25) is 5.95 Å². The molecule has 0 spiro atoms. The zero-order valence-electron chi connectivity index (χ0n) is 27.9. The Labute approximate surface area is 302 Å². The normalized spacial score (nSPS) is 11.8. The summed E-state index contributed by atoms with van der Waals surface area (Å²) in [4.78, 5) is 15.4. The number of benzene rings is 8. The molecule has 11 aromatic rings. The summed E-state index contributed by atoms with van der Waals surface area (Å²) in [7, 11) is 0. The van der Waals surface area contributed by atoms with Gasteiger partial charge in [0.15, 0.2) is 11.6 Å². The van der Waals surface area contributed by atoms with Crippen LogP contribution in [0.3, 0.4) is 0 Å². The van der Waals surface area contributed by atoms with Crippen LogP contribution in [0.1, 0.15) is 0 Å². The van der Waals surface area contributed by atoms with Crippen molar-refractivity contribution in [3.05, 3.63) is 170 Å². The molecule has 11 rings (SSSR count). The van der Waals surface area contributed by atoms with Crippen molar-refractivity contribution in [2.24, 2.45) is 0 Å². The van der Waals surface area contributed by atoms with Gasteiger partial charge in [-0.1, -0.05) is 121 Å². The van der Waals surface area contributed by atoms with Crippen LogP contribution in [0.15, 0.2) is 170 Å². The molecule has 242 valence electrons. The molecule has 0 aliphatic heterocycles. The molecule has 0 aliphatic carbocycles. The third kappa shape index (κ3) is 4.64. The van der Waals surface area contributed by atoms with E-state index in [0.29, 0.717) is 17.6 Å². The van der Waals surface area contributed by atoms with Gasteiger partial charge < -0.3 is 0 Å². The van der Waals surface area contributed by atoms with Crippen molar-refractivity contribution >= 4 is 74.9 Å². The first kappa shape index (κ1) is 29.1. The molecular formula is C47H28N4S. The third-order valence-electron chi connectivity index (χ3n) is 10.2. The SMILES string of the molecule is c1ccc(-c2nc(-c3ccccc3)nc(-n3c4ccc(-c5ccc6ccccc6c5)cc4c4cc5cc6sc7ccccc7c6cc5cc43)n2)cc1. The van der Waals surface area contributed by atoms with E-state index in [2.05, 4.69) is 138 Å². The summed E-state index contributed by atoms with van der Waals surface area (Å²) < 4.78 is 4.83. The van der Waals surface area contributed by atoms with E-state index in [4.69, 9.17) is 15.0 Å². The van der Waals surface area contributed by atoms with E-state index in [1.807, 2.05) is 47.7 Å². The maximum atomic E-state index is 5.19. The second-order valence-electron chi connectivity index (χ2n) is 13.3. The highest BCUT2D eigenvalue weighted by atomic mass is 32.1. The van der Waals surface area contributed by atoms with E-state index >= 15 is 0 Å². The van der Waals surface area contributed by atoms with E-state index in [1.165, 1.54) is 52.8 Å². The van der Waals surface area contributed by atoms with Crippen LogP contribution in [-0.4, -0.2) is 19.5 Å². The summed E-state index contributed by atoms with van der Waals surface area (Å²) in [5, 5.41) is 9.76. The van der Waals surface area contributed by atoms with Crippen molar-refractivity contribution < 1.29 is 0 Å². The summed E-state index contributed by atoms with van der Waals surface area (Å²) >= 11 is 1.86.